The third-order valence-electron chi connectivity index (χ3n) is 2.79. The van der Waals surface area contributed by atoms with Crippen LogP contribution in [0.3, 0.4) is 0 Å². The van der Waals surface area contributed by atoms with Gasteiger partial charge in [0.1, 0.15) is 0 Å². The highest BCUT2D eigenvalue weighted by Gasteiger charge is 2.01. The minimum absolute atomic E-state index is 0.571. The van der Waals surface area contributed by atoms with Crippen molar-refractivity contribution in [3.05, 3.63) is 0 Å². The number of methoxy groups -OCH3 is 1. The molecule has 92 valence electrons. The van der Waals surface area contributed by atoms with Gasteiger partial charge in [-0.15, -0.1) is 0 Å². The molecule has 0 amide bonds. The number of hydrogen-bond donors (Lipinski definition) is 1. The van der Waals surface area contributed by atoms with Gasteiger partial charge in [-0.1, -0.05) is 13.8 Å². The van der Waals surface area contributed by atoms with E-state index < -0.39 is 0 Å². The monoisotopic (exact) mass is 216 g/mol. The van der Waals surface area contributed by atoms with E-state index in [0.717, 1.165) is 32.7 Å². The lowest BCUT2D eigenvalue weighted by atomic mass is 10.2. The first-order valence-electron chi connectivity index (χ1n) is 6.19. The van der Waals surface area contributed by atoms with Crippen LogP contribution in [0.1, 0.15) is 33.6 Å². The first-order valence-corrected chi connectivity index (χ1v) is 6.19. The topological polar surface area (TPSA) is 24.5 Å². The summed E-state index contributed by atoms with van der Waals surface area (Å²) in [4.78, 5) is 2.46. The number of rotatable bonds is 10. The molecular weight excluding hydrogens is 188 g/mol. The van der Waals surface area contributed by atoms with Crippen LogP contribution in [0.5, 0.6) is 0 Å². The van der Waals surface area contributed by atoms with Crippen LogP contribution in [-0.4, -0.2) is 50.8 Å². The van der Waals surface area contributed by atoms with Crippen LogP contribution in [0.2, 0.25) is 0 Å². The molecule has 0 heterocycles. The normalized spacial score (nSPS) is 13.4. The molecule has 0 aromatic carbocycles. The molecule has 3 nitrogen and oxygen atoms in total. The van der Waals surface area contributed by atoms with E-state index >= 15 is 0 Å². The summed E-state index contributed by atoms with van der Waals surface area (Å²) < 4.78 is 5.04. The molecule has 0 aliphatic heterocycles. The highest BCUT2D eigenvalue weighted by Crippen LogP contribution is 1.93. The summed E-state index contributed by atoms with van der Waals surface area (Å²) in [5.74, 6) is 0. The number of ether oxygens (including phenoxy) is 1. The lowest BCUT2D eigenvalue weighted by Crippen LogP contribution is -2.31. The maximum Gasteiger partial charge on any atom is 0.0476 e. The molecule has 0 aromatic rings. The van der Waals surface area contributed by atoms with Crippen molar-refractivity contribution in [3.63, 3.8) is 0 Å². The van der Waals surface area contributed by atoms with Crippen LogP contribution in [0.15, 0.2) is 0 Å². The van der Waals surface area contributed by atoms with Gasteiger partial charge in [-0.2, -0.15) is 0 Å². The quantitative estimate of drug-likeness (QED) is 0.563. The Morgan fingerprint density at radius 2 is 1.93 bits per heavy atom. The van der Waals surface area contributed by atoms with E-state index in [9.17, 15) is 0 Å². The van der Waals surface area contributed by atoms with Crippen molar-refractivity contribution >= 4 is 0 Å². The third kappa shape index (κ3) is 8.85. The Morgan fingerprint density at radius 1 is 1.27 bits per heavy atom. The van der Waals surface area contributed by atoms with E-state index in [0.29, 0.717) is 6.04 Å². The van der Waals surface area contributed by atoms with Gasteiger partial charge in [0.05, 0.1) is 0 Å². The number of nitrogens with zero attached hydrogens (tertiary/aromatic N) is 1. The van der Waals surface area contributed by atoms with Crippen molar-refractivity contribution < 1.29 is 4.74 Å². The Labute approximate surface area is 95.2 Å². The van der Waals surface area contributed by atoms with Crippen LogP contribution in [0.4, 0.5) is 0 Å². The SMILES string of the molecule is CCN(CC)CCCNC(C)CCOC. The minimum atomic E-state index is 0.571. The van der Waals surface area contributed by atoms with Crippen molar-refractivity contribution in [2.45, 2.75) is 39.7 Å². The van der Waals surface area contributed by atoms with E-state index in [1.807, 2.05) is 0 Å². The molecule has 1 N–H and O–H groups in total. The van der Waals surface area contributed by atoms with Crippen LogP contribution in [0, 0.1) is 0 Å². The van der Waals surface area contributed by atoms with Crippen LogP contribution in [0.25, 0.3) is 0 Å². The zero-order valence-electron chi connectivity index (χ0n) is 10.9. The Balaban J connectivity index is 3.29. The van der Waals surface area contributed by atoms with Crippen LogP contribution >= 0.6 is 0 Å². The summed E-state index contributed by atoms with van der Waals surface area (Å²) in [6.07, 6.45) is 2.33. The lowest BCUT2D eigenvalue weighted by molar-refractivity contribution is 0.184. The van der Waals surface area contributed by atoms with Crippen molar-refractivity contribution in [2.24, 2.45) is 0 Å². The molecule has 0 rings (SSSR count). The smallest absolute Gasteiger partial charge is 0.0476 e. The molecule has 1 unspecified atom stereocenters. The molecule has 15 heavy (non-hydrogen) atoms. The molecule has 0 bridgehead atoms. The highest BCUT2D eigenvalue weighted by atomic mass is 16.5. The molecule has 0 radical (unpaired) electrons. The van der Waals surface area contributed by atoms with Crippen LogP contribution in [-0.2, 0) is 4.74 Å². The summed E-state index contributed by atoms with van der Waals surface area (Å²) in [6.45, 7) is 12.2. The predicted molar refractivity (Wildman–Crippen MR) is 66.4 cm³/mol. The van der Waals surface area contributed by atoms with Gasteiger partial charge in [-0.05, 0) is 45.9 Å². The molecule has 1 atom stereocenters. The summed E-state index contributed by atoms with van der Waals surface area (Å²) in [5.41, 5.74) is 0. The fourth-order valence-electron chi connectivity index (χ4n) is 1.59. The Kier molecular flexibility index (Phi) is 10.3. The Morgan fingerprint density at radius 3 is 2.47 bits per heavy atom. The van der Waals surface area contributed by atoms with E-state index in [1.54, 1.807) is 7.11 Å². The van der Waals surface area contributed by atoms with E-state index in [1.165, 1.54) is 13.0 Å². The van der Waals surface area contributed by atoms with Gasteiger partial charge in [0, 0.05) is 19.8 Å². The second-order valence-electron chi connectivity index (χ2n) is 4.02. The summed E-state index contributed by atoms with van der Waals surface area (Å²) in [6, 6.07) is 0.571. The van der Waals surface area contributed by atoms with Crippen molar-refractivity contribution in [2.75, 3.05) is 39.9 Å². The first kappa shape index (κ1) is 14.9. The highest BCUT2D eigenvalue weighted by molar-refractivity contribution is 4.61. The summed E-state index contributed by atoms with van der Waals surface area (Å²) in [7, 11) is 1.76. The van der Waals surface area contributed by atoms with Gasteiger partial charge in [-0.25, -0.2) is 0 Å². The van der Waals surface area contributed by atoms with Gasteiger partial charge in [0.15, 0.2) is 0 Å². The Bertz CT molecular complexity index is 127. The lowest BCUT2D eigenvalue weighted by Gasteiger charge is -2.19. The van der Waals surface area contributed by atoms with E-state index in [4.69, 9.17) is 4.74 Å². The summed E-state index contributed by atoms with van der Waals surface area (Å²) >= 11 is 0. The first-order chi connectivity index (χ1) is 7.24. The van der Waals surface area contributed by atoms with Gasteiger partial charge >= 0.3 is 0 Å². The second-order valence-corrected chi connectivity index (χ2v) is 4.02. The van der Waals surface area contributed by atoms with Crippen molar-refractivity contribution in [1.82, 2.24) is 10.2 Å². The summed E-state index contributed by atoms with van der Waals surface area (Å²) in [5, 5.41) is 3.51. The molecule has 0 saturated carbocycles. The molecule has 0 saturated heterocycles. The van der Waals surface area contributed by atoms with E-state index in [-0.39, 0.29) is 0 Å². The maximum absolute atomic E-state index is 5.04. The fraction of sp³-hybridized carbons (Fsp3) is 1.00. The average Bonchev–Trinajstić information content (AvgIpc) is 2.26. The largest absolute Gasteiger partial charge is 0.385 e. The maximum atomic E-state index is 5.04. The number of nitrogens with one attached hydrogen (secondary N) is 1. The molecule has 0 spiro atoms. The molecule has 0 aliphatic rings. The third-order valence-corrected chi connectivity index (χ3v) is 2.79. The zero-order chi connectivity index (χ0) is 11.5. The zero-order valence-corrected chi connectivity index (χ0v) is 10.9. The van der Waals surface area contributed by atoms with Gasteiger partial charge in [0.2, 0.25) is 0 Å². The molecule has 3 heteroatoms. The Hall–Kier alpha value is -0.120. The minimum Gasteiger partial charge on any atom is -0.385 e. The van der Waals surface area contributed by atoms with Gasteiger partial charge in [-0.3, -0.25) is 0 Å². The molecular formula is C12H28N2O. The molecule has 0 aromatic heterocycles. The average molecular weight is 216 g/mol. The van der Waals surface area contributed by atoms with Gasteiger partial charge in [0.25, 0.3) is 0 Å². The molecule has 0 aliphatic carbocycles. The van der Waals surface area contributed by atoms with E-state index in [2.05, 4.69) is 31.0 Å². The number of hydrogen-bond acceptors (Lipinski definition) is 3. The van der Waals surface area contributed by atoms with Crippen molar-refractivity contribution in [3.8, 4) is 0 Å². The predicted octanol–water partition coefficient (Wildman–Crippen LogP) is 1.73. The van der Waals surface area contributed by atoms with Gasteiger partial charge < -0.3 is 15.0 Å². The standard InChI is InChI=1S/C12H28N2O/c1-5-14(6-2)10-7-9-13-12(3)8-11-15-4/h12-13H,5-11H2,1-4H3. The second kappa shape index (κ2) is 10.4. The molecule has 0 fully saturated rings. The van der Waals surface area contributed by atoms with Crippen molar-refractivity contribution in [1.29, 1.82) is 0 Å². The van der Waals surface area contributed by atoms with Crippen LogP contribution < -0.4 is 5.32 Å². The fourth-order valence-corrected chi connectivity index (χ4v) is 1.59.